The van der Waals surface area contributed by atoms with Crippen molar-refractivity contribution >= 4 is 35.7 Å². The van der Waals surface area contributed by atoms with Crippen molar-refractivity contribution in [3.63, 3.8) is 0 Å². The van der Waals surface area contributed by atoms with E-state index in [1.807, 2.05) is 13.8 Å². The molecule has 2 rings (SSSR count). The van der Waals surface area contributed by atoms with Crippen LogP contribution in [0.3, 0.4) is 0 Å². The minimum atomic E-state index is -1.17. The Labute approximate surface area is 185 Å². The van der Waals surface area contributed by atoms with Gasteiger partial charge in [0.1, 0.15) is 12.4 Å². The normalized spacial score (nSPS) is 11.8. The number of nitrogens with zero attached hydrogens (tertiary/aromatic N) is 1. The third-order valence-electron chi connectivity index (χ3n) is 4.19. The summed E-state index contributed by atoms with van der Waals surface area (Å²) in [4.78, 5) is 39.8. The lowest BCUT2D eigenvalue weighted by Crippen LogP contribution is -2.42. The monoisotopic (exact) mass is 441 g/mol. The molecule has 10 heteroatoms. The molecule has 2 aromatic rings. The Morgan fingerprint density at radius 1 is 1.16 bits per heavy atom. The maximum absolute atomic E-state index is 12.5. The van der Waals surface area contributed by atoms with E-state index in [4.69, 9.17) is 10.6 Å². The number of aliphatic imine (C=N–C) groups is 1. The van der Waals surface area contributed by atoms with Gasteiger partial charge < -0.3 is 25.9 Å². The number of hydrazine groups is 1. The molecule has 6 N–H and O–H groups in total. The van der Waals surface area contributed by atoms with Crippen molar-refractivity contribution in [1.82, 2.24) is 10.7 Å². The van der Waals surface area contributed by atoms with Gasteiger partial charge in [0, 0.05) is 17.7 Å². The van der Waals surface area contributed by atoms with Gasteiger partial charge in [0.05, 0.1) is 12.3 Å². The van der Waals surface area contributed by atoms with Crippen molar-refractivity contribution < 1.29 is 24.2 Å². The average molecular weight is 441 g/mol. The summed E-state index contributed by atoms with van der Waals surface area (Å²) in [6.07, 6.45) is 0.595. The molecule has 2 amide bonds. The highest BCUT2D eigenvalue weighted by Crippen LogP contribution is 2.16. The molecule has 0 spiro atoms. The van der Waals surface area contributed by atoms with E-state index in [1.165, 1.54) is 6.34 Å². The fourth-order valence-electron chi connectivity index (χ4n) is 2.63. The average Bonchev–Trinajstić information content (AvgIpc) is 2.77. The van der Waals surface area contributed by atoms with Gasteiger partial charge in [-0.15, -0.1) is 0 Å². The van der Waals surface area contributed by atoms with Crippen molar-refractivity contribution in [2.24, 2.45) is 16.8 Å². The molecule has 0 bridgehead atoms. The van der Waals surface area contributed by atoms with Gasteiger partial charge in [-0.2, -0.15) is 0 Å². The number of nitrogens with two attached hydrogens (primary N) is 1. The third-order valence-corrected chi connectivity index (χ3v) is 4.19. The van der Waals surface area contributed by atoms with Gasteiger partial charge in [-0.05, 0) is 41.8 Å². The SMILES string of the molecule is CC(C)COC(=O)NC(Cc1ccc(NC(=O)c2cccc(N=CNN)c2)cc1)C(=O)O. The number of aliphatic carboxylic acids is 1. The Hall–Kier alpha value is -3.92. The van der Waals surface area contributed by atoms with Gasteiger partial charge in [-0.25, -0.2) is 20.4 Å². The molecule has 0 aliphatic carbocycles. The Kier molecular flexibility index (Phi) is 9.18. The van der Waals surface area contributed by atoms with Crippen LogP contribution in [0.1, 0.15) is 29.8 Å². The van der Waals surface area contributed by atoms with Crippen LogP contribution in [0.4, 0.5) is 16.2 Å². The van der Waals surface area contributed by atoms with Crippen molar-refractivity contribution in [1.29, 1.82) is 0 Å². The van der Waals surface area contributed by atoms with Crippen LogP contribution in [0.25, 0.3) is 0 Å². The molecule has 0 fully saturated rings. The lowest BCUT2D eigenvalue weighted by molar-refractivity contribution is -0.139. The molecule has 32 heavy (non-hydrogen) atoms. The molecular weight excluding hydrogens is 414 g/mol. The first-order valence-corrected chi connectivity index (χ1v) is 9.93. The molecule has 0 aromatic heterocycles. The van der Waals surface area contributed by atoms with Crippen molar-refractivity contribution in [2.45, 2.75) is 26.3 Å². The van der Waals surface area contributed by atoms with E-state index in [9.17, 15) is 19.5 Å². The predicted octanol–water partition coefficient (Wildman–Crippen LogP) is 2.44. The maximum atomic E-state index is 12.5. The second kappa shape index (κ2) is 12.1. The number of nitrogens with one attached hydrogen (secondary N) is 3. The van der Waals surface area contributed by atoms with Crippen LogP contribution in [0, 0.1) is 5.92 Å². The number of carboxylic acid groups (broad SMARTS) is 1. The summed E-state index contributed by atoms with van der Waals surface area (Å²) in [5.74, 6) is 3.79. The number of hydrogen-bond donors (Lipinski definition) is 5. The Bertz CT molecular complexity index is 959. The Balaban J connectivity index is 1.98. The number of carbonyl (C=O) groups excluding carboxylic acids is 2. The molecule has 1 unspecified atom stereocenters. The van der Waals surface area contributed by atoms with Crippen LogP contribution in [-0.2, 0) is 16.0 Å². The number of anilines is 1. The smallest absolute Gasteiger partial charge is 0.407 e. The van der Waals surface area contributed by atoms with Crippen LogP contribution in [0.2, 0.25) is 0 Å². The zero-order chi connectivity index (χ0) is 23.5. The van der Waals surface area contributed by atoms with E-state index < -0.39 is 18.1 Å². The van der Waals surface area contributed by atoms with Crippen LogP contribution >= 0.6 is 0 Å². The number of carbonyl (C=O) groups is 3. The van der Waals surface area contributed by atoms with Gasteiger partial charge in [0.15, 0.2) is 0 Å². The summed E-state index contributed by atoms with van der Waals surface area (Å²) in [7, 11) is 0. The highest BCUT2D eigenvalue weighted by Gasteiger charge is 2.21. The summed E-state index contributed by atoms with van der Waals surface area (Å²) in [5, 5.41) is 14.5. The molecule has 0 radical (unpaired) electrons. The van der Waals surface area contributed by atoms with Crippen LogP contribution < -0.4 is 21.9 Å². The lowest BCUT2D eigenvalue weighted by atomic mass is 10.1. The summed E-state index contributed by atoms with van der Waals surface area (Å²) in [5.41, 5.74) is 4.47. The van der Waals surface area contributed by atoms with Crippen molar-refractivity contribution in [2.75, 3.05) is 11.9 Å². The topological polar surface area (TPSA) is 155 Å². The van der Waals surface area contributed by atoms with E-state index in [2.05, 4.69) is 21.1 Å². The molecule has 0 saturated carbocycles. The number of amides is 2. The molecular formula is C22H27N5O5. The zero-order valence-electron chi connectivity index (χ0n) is 17.9. The first-order valence-electron chi connectivity index (χ1n) is 9.93. The second-order valence-electron chi connectivity index (χ2n) is 7.36. The maximum Gasteiger partial charge on any atom is 0.407 e. The van der Waals surface area contributed by atoms with Crippen LogP contribution in [0.15, 0.2) is 53.5 Å². The van der Waals surface area contributed by atoms with Gasteiger partial charge >= 0.3 is 12.1 Å². The number of benzene rings is 2. The summed E-state index contributed by atoms with van der Waals surface area (Å²) in [6.45, 7) is 3.96. The summed E-state index contributed by atoms with van der Waals surface area (Å²) in [6, 6.07) is 12.2. The van der Waals surface area contributed by atoms with Gasteiger partial charge in [-0.1, -0.05) is 32.0 Å². The molecule has 1 atom stereocenters. The second-order valence-corrected chi connectivity index (χ2v) is 7.36. The van der Waals surface area contributed by atoms with Crippen LogP contribution in [0.5, 0.6) is 0 Å². The van der Waals surface area contributed by atoms with E-state index in [0.29, 0.717) is 22.5 Å². The van der Waals surface area contributed by atoms with E-state index in [-0.39, 0.29) is 24.9 Å². The third kappa shape index (κ3) is 8.07. The molecule has 2 aromatic carbocycles. The standard InChI is InChI=1S/C22H27N5O5/c1-14(2)12-32-22(31)27-19(21(29)30)10-15-6-8-17(9-7-15)26-20(28)16-4-3-5-18(11-16)24-13-25-23/h3-9,11,13-14,19H,10,12,23H2,1-2H3,(H,24,25)(H,26,28)(H,27,31)(H,29,30). The zero-order valence-corrected chi connectivity index (χ0v) is 17.9. The Morgan fingerprint density at radius 3 is 2.50 bits per heavy atom. The van der Waals surface area contributed by atoms with Crippen LogP contribution in [-0.4, -0.2) is 42.1 Å². The molecule has 10 nitrogen and oxygen atoms in total. The fraction of sp³-hybridized carbons (Fsp3) is 0.273. The summed E-state index contributed by atoms with van der Waals surface area (Å²) >= 11 is 0. The summed E-state index contributed by atoms with van der Waals surface area (Å²) < 4.78 is 4.98. The predicted molar refractivity (Wildman–Crippen MR) is 121 cm³/mol. The van der Waals surface area contributed by atoms with E-state index >= 15 is 0 Å². The number of alkyl carbamates (subject to hydrolysis) is 1. The highest BCUT2D eigenvalue weighted by molar-refractivity contribution is 6.04. The number of carboxylic acids is 1. The first kappa shape index (κ1) is 24.4. The highest BCUT2D eigenvalue weighted by atomic mass is 16.5. The quantitative estimate of drug-likeness (QED) is 0.164. The van der Waals surface area contributed by atoms with E-state index in [1.54, 1.807) is 48.5 Å². The Morgan fingerprint density at radius 2 is 1.88 bits per heavy atom. The van der Waals surface area contributed by atoms with Crippen molar-refractivity contribution in [3.05, 3.63) is 59.7 Å². The molecule has 0 aliphatic rings. The number of ether oxygens (including phenoxy) is 1. The van der Waals surface area contributed by atoms with Gasteiger partial charge in [0.25, 0.3) is 5.91 Å². The molecule has 0 heterocycles. The molecule has 0 saturated heterocycles. The fourth-order valence-corrected chi connectivity index (χ4v) is 2.63. The van der Waals surface area contributed by atoms with Crippen molar-refractivity contribution in [3.8, 4) is 0 Å². The van der Waals surface area contributed by atoms with Gasteiger partial charge in [-0.3, -0.25) is 4.79 Å². The minimum absolute atomic E-state index is 0.0650. The number of hydrogen-bond acceptors (Lipinski definition) is 6. The van der Waals surface area contributed by atoms with E-state index in [0.717, 1.165) is 0 Å². The lowest BCUT2D eigenvalue weighted by Gasteiger charge is -2.15. The van der Waals surface area contributed by atoms with Gasteiger partial charge in [0.2, 0.25) is 0 Å². The molecule has 0 aliphatic heterocycles. The molecule has 170 valence electrons. The largest absolute Gasteiger partial charge is 0.480 e. The first-order chi connectivity index (χ1) is 15.3. The minimum Gasteiger partial charge on any atom is -0.480 e. The number of rotatable bonds is 10.